The lowest BCUT2D eigenvalue weighted by Crippen LogP contribution is -2.23. The number of amides is 1. The molecule has 2 nitrogen and oxygen atoms in total. The van der Waals surface area contributed by atoms with E-state index >= 15 is 0 Å². The molecule has 0 aliphatic rings. The van der Waals surface area contributed by atoms with Crippen molar-refractivity contribution in [2.24, 2.45) is 0 Å². The fourth-order valence-corrected chi connectivity index (χ4v) is 2.11. The highest BCUT2D eigenvalue weighted by Crippen LogP contribution is 2.11. The highest BCUT2D eigenvalue weighted by Gasteiger charge is 2.09. The highest BCUT2D eigenvalue weighted by molar-refractivity contribution is 6.17. The number of halogens is 2. The van der Waals surface area contributed by atoms with E-state index < -0.39 is 5.82 Å². The van der Waals surface area contributed by atoms with Gasteiger partial charge < -0.3 is 5.32 Å². The van der Waals surface area contributed by atoms with Crippen LogP contribution in [-0.2, 0) is 12.4 Å². The number of nitrogens with one attached hydrogen (secondary N) is 1. The summed E-state index contributed by atoms with van der Waals surface area (Å²) in [4.78, 5) is 12.0. The Morgan fingerprint density at radius 2 is 1.95 bits per heavy atom. The van der Waals surface area contributed by atoms with Gasteiger partial charge in [0.2, 0.25) is 0 Å². The van der Waals surface area contributed by atoms with Gasteiger partial charge in [0, 0.05) is 18.0 Å². The molecule has 0 radical (unpaired) electrons. The molecule has 0 bridgehead atoms. The normalized spacial score (nSPS) is 10.3. The van der Waals surface area contributed by atoms with E-state index in [1.54, 1.807) is 13.0 Å². The summed E-state index contributed by atoms with van der Waals surface area (Å²) < 4.78 is 13.2. The van der Waals surface area contributed by atoms with Crippen LogP contribution in [0.15, 0.2) is 42.5 Å². The molecule has 104 valence electrons. The Morgan fingerprint density at radius 1 is 1.20 bits per heavy atom. The molecular weight excluding hydrogens is 277 g/mol. The van der Waals surface area contributed by atoms with Crippen LogP contribution in [0.4, 0.5) is 4.39 Å². The Bertz CT molecular complexity index is 628. The third-order valence-corrected chi connectivity index (χ3v) is 3.35. The van der Waals surface area contributed by atoms with Crippen LogP contribution in [0.5, 0.6) is 0 Å². The van der Waals surface area contributed by atoms with Crippen LogP contribution >= 0.6 is 11.6 Å². The molecule has 4 heteroatoms. The van der Waals surface area contributed by atoms with E-state index in [0.29, 0.717) is 18.0 Å². The fraction of sp³-hybridized carbons (Fsp3) is 0.188. The SMILES string of the molecule is Cc1ccc(F)cc1C(=O)NCc1cccc(CCl)c1. The lowest BCUT2D eigenvalue weighted by Gasteiger charge is -2.08. The second kappa shape index (κ2) is 6.53. The van der Waals surface area contributed by atoms with Gasteiger partial charge in [-0.25, -0.2) is 4.39 Å². The third-order valence-electron chi connectivity index (χ3n) is 3.04. The topological polar surface area (TPSA) is 29.1 Å². The minimum Gasteiger partial charge on any atom is -0.348 e. The van der Waals surface area contributed by atoms with E-state index in [2.05, 4.69) is 5.32 Å². The largest absolute Gasteiger partial charge is 0.348 e. The molecule has 0 aliphatic heterocycles. The van der Waals surface area contributed by atoms with Crippen molar-refractivity contribution in [3.05, 3.63) is 70.5 Å². The van der Waals surface area contributed by atoms with Crippen molar-refractivity contribution in [2.45, 2.75) is 19.3 Å². The number of carbonyl (C=O) groups is 1. The van der Waals surface area contributed by atoms with Crippen LogP contribution in [-0.4, -0.2) is 5.91 Å². The van der Waals surface area contributed by atoms with Crippen molar-refractivity contribution in [3.8, 4) is 0 Å². The van der Waals surface area contributed by atoms with Gasteiger partial charge in [-0.15, -0.1) is 11.6 Å². The molecule has 0 heterocycles. The van der Waals surface area contributed by atoms with Gasteiger partial charge in [-0.2, -0.15) is 0 Å². The lowest BCUT2D eigenvalue weighted by atomic mass is 10.1. The number of aryl methyl sites for hydroxylation is 1. The second-order valence-corrected chi connectivity index (χ2v) is 4.86. The van der Waals surface area contributed by atoms with E-state index in [4.69, 9.17) is 11.6 Å². The van der Waals surface area contributed by atoms with Crippen LogP contribution in [0.1, 0.15) is 27.0 Å². The molecule has 0 aliphatic carbocycles. The average Bonchev–Trinajstić information content (AvgIpc) is 2.47. The zero-order valence-corrected chi connectivity index (χ0v) is 11.9. The summed E-state index contributed by atoms with van der Waals surface area (Å²) >= 11 is 5.77. The molecule has 1 amide bonds. The fourth-order valence-electron chi connectivity index (χ4n) is 1.94. The number of benzene rings is 2. The van der Waals surface area contributed by atoms with Crippen LogP contribution in [0.3, 0.4) is 0 Å². The third kappa shape index (κ3) is 3.58. The van der Waals surface area contributed by atoms with Gasteiger partial charge in [0.25, 0.3) is 5.91 Å². The maximum atomic E-state index is 13.2. The molecule has 0 fully saturated rings. The molecule has 0 aromatic heterocycles. The highest BCUT2D eigenvalue weighted by atomic mass is 35.5. The van der Waals surface area contributed by atoms with Crippen molar-refractivity contribution < 1.29 is 9.18 Å². The summed E-state index contributed by atoms with van der Waals surface area (Å²) in [7, 11) is 0. The van der Waals surface area contributed by atoms with E-state index in [9.17, 15) is 9.18 Å². The molecule has 2 aromatic carbocycles. The van der Waals surface area contributed by atoms with Crippen LogP contribution in [0.2, 0.25) is 0 Å². The Balaban J connectivity index is 2.06. The van der Waals surface area contributed by atoms with Gasteiger partial charge in [0.05, 0.1) is 0 Å². The first-order chi connectivity index (χ1) is 9.60. The maximum Gasteiger partial charge on any atom is 0.251 e. The van der Waals surface area contributed by atoms with Gasteiger partial charge >= 0.3 is 0 Å². The zero-order chi connectivity index (χ0) is 14.5. The number of hydrogen-bond donors (Lipinski definition) is 1. The molecule has 2 aromatic rings. The van der Waals surface area contributed by atoms with Crippen LogP contribution < -0.4 is 5.32 Å². The molecule has 0 unspecified atom stereocenters. The Labute approximate surface area is 122 Å². The maximum absolute atomic E-state index is 13.2. The smallest absolute Gasteiger partial charge is 0.251 e. The first kappa shape index (κ1) is 14.5. The Hall–Kier alpha value is -1.87. The molecule has 20 heavy (non-hydrogen) atoms. The van der Waals surface area contributed by atoms with Gasteiger partial charge in [0.15, 0.2) is 0 Å². The van der Waals surface area contributed by atoms with Crippen molar-refractivity contribution in [3.63, 3.8) is 0 Å². The molecular formula is C16H15ClFNO. The minimum atomic E-state index is -0.412. The standard InChI is InChI=1S/C16H15ClFNO/c1-11-5-6-14(18)8-15(11)16(20)19-10-13-4-2-3-12(7-13)9-17/h2-8H,9-10H2,1H3,(H,19,20). The van der Waals surface area contributed by atoms with Crippen LogP contribution in [0.25, 0.3) is 0 Å². The predicted molar refractivity (Wildman–Crippen MR) is 78.3 cm³/mol. The summed E-state index contributed by atoms with van der Waals surface area (Å²) in [6.07, 6.45) is 0. The summed E-state index contributed by atoms with van der Waals surface area (Å²) in [6, 6.07) is 11.9. The van der Waals surface area contributed by atoms with Gasteiger partial charge in [-0.05, 0) is 35.7 Å². The minimum absolute atomic E-state index is 0.279. The average molecular weight is 292 g/mol. The monoisotopic (exact) mass is 291 g/mol. The van der Waals surface area contributed by atoms with Gasteiger partial charge in [0.1, 0.15) is 5.82 Å². The zero-order valence-electron chi connectivity index (χ0n) is 11.1. The quantitative estimate of drug-likeness (QED) is 0.853. The molecule has 2 rings (SSSR count). The van der Waals surface area contributed by atoms with E-state index in [1.165, 1.54) is 12.1 Å². The Morgan fingerprint density at radius 3 is 2.70 bits per heavy atom. The molecule has 0 atom stereocenters. The Kier molecular flexibility index (Phi) is 4.74. The number of alkyl halides is 1. The van der Waals surface area contributed by atoms with Crippen molar-refractivity contribution in [2.75, 3.05) is 0 Å². The van der Waals surface area contributed by atoms with Crippen molar-refractivity contribution >= 4 is 17.5 Å². The molecule has 0 saturated carbocycles. The first-order valence-electron chi connectivity index (χ1n) is 6.28. The number of carbonyl (C=O) groups excluding carboxylic acids is 1. The van der Waals surface area contributed by atoms with E-state index in [1.807, 2.05) is 24.3 Å². The van der Waals surface area contributed by atoms with E-state index in [0.717, 1.165) is 16.7 Å². The summed E-state index contributed by atoms with van der Waals surface area (Å²) in [6.45, 7) is 2.17. The lowest BCUT2D eigenvalue weighted by molar-refractivity contribution is 0.0950. The van der Waals surface area contributed by atoms with Gasteiger partial charge in [-0.1, -0.05) is 30.3 Å². The predicted octanol–water partition coefficient (Wildman–Crippen LogP) is 3.80. The van der Waals surface area contributed by atoms with Crippen molar-refractivity contribution in [1.29, 1.82) is 0 Å². The number of hydrogen-bond acceptors (Lipinski definition) is 1. The molecule has 0 saturated heterocycles. The summed E-state index contributed by atoms with van der Waals surface area (Å²) in [5.41, 5.74) is 3.07. The first-order valence-corrected chi connectivity index (χ1v) is 6.81. The van der Waals surface area contributed by atoms with Gasteiger partial charge in [-0.3, -0.25) is 4.79 Å². The van der Waals surface area contributed by atoms with E-state index in [-0.39, 0.29) is 5.91 Å². The number of rotatable bonds is 4. The summed E-state index contributed by atoms with van der Waals surface area (Å²) in [5, 5.41) is 2.79. The molecule has 1 N–H and O–H groups in total. The van der Waals surface area contributed by atoms with Crippen molar-refractivity contribution in [1.82, 2.24) is 5.32 Å². The molecule has 0 spiro atoms. The summed E-state index contributed by atoms with van der Waals surface area (Å²) in [5.74, 6) is -0.256. The van der Waals surface area contributed by atoms with Crippen LogP contribution in [0, 0.1) is 12.7 Å². The second-order valence-electron chi connectivity index (χ2n) is 4.60.